The van der Waals surface area contributed by atoms with Crippen LogP contribution in [0.5, 0.6) is 0 Å². The number of hydrogen-bond acceptors (Lipinski definition) is 23. The van der Waals surface area contributed by atoms with Gasteiger partial charge in [0.2, 0.25) is 11.8 Å². The molecule has 0 spiro atoms. The molecule has 1 fully saturated rings. The summed E-state index contributed by atoms with van der Waals surface area (Å²) in [6.07, 6.45) is -7.67. The number of carbonyl (C=O) groups is 3. The van der Waals surface area contributed by atoms with Crippen LogP contribution in [0.4, 0.5) is 5.82 Å². The minimum Gasteiger partial charge on any atom is -0.790 e. The van der Waals surface area contributed by atoms with Gasteiger partial charge in [0.15, 0.2) is 22.8 Å². The van der Waals surface area contributed by atoms with E-state index in [-0.39, 0.29) is 60.4 Å². The maximum Gasteiger partial charge on any atom is 0.274 e. The molecular formula is C24H36N7O18P3S-4. The number of thioether (sulfide) groups is 1. The summed E-state index contributed by atoms with van der Waals surface area (Å²) in [5.74, 6) is -1.35. The van der Waals surface area contributed by atoms with E-state index in [4.69, 9.17) is 15.6 Å². The van der Waals surface area contributed by atoms with Crippen molar-refractivity contribution in [3.05, 3.63) is 12.7 Å². The van der Waals surface area contributed by atoms with Gasteiger partial charge in [-0.05, 0) is 0 Å². The van der Waals surface area contributed by atoms with Crippen LogP contribution in [0.3, 0.4) is 0 Å². The van der Waals surface area contributed by atoms with Crippen LogP contribution in [-0.4, -0.2) is 115 Å². The Morgan fingerprint density at radius 3 is 2.42 bits per heavy atom. The van der Waals surface area contributed by atoms with E-state index < -0.39 is 84.6 Å². The van der Waals surface area contributed by atoms with Gasteiger partial charge in [-0.25, -0.2) is 19.3 Å². The van der Waals surface area contributed by atoms with Crippen molar-refractivity contribution in [3.63, 3.8) is 0 Å². The molecule has 3 heterocycles. The first kappa shape index (κ1) is 44.9. The molecule has 29 heteroatoms. The molecule has 7 N–H and O–H groups in total. The number of aliphatic hydroxyl groups excluding tert-OH is 3. The molecular weight excluding hydrogens is 799 g/mol. The van der Waals surface area contributed by atoms with Crippen LogP contribution in [0, 0.1) is 5.41 Å². The highest BCUT2D eigenvalue weighted by Crippen LogP contribution is 2.56. The number of phosphoric acid groups is 3. The predicted molar refractivity (Wildman–Crippen MR) is 170 cm³/mol. The molecule has 0 aliphatic carbocycles. The number of nitrogens with one attached hydrogen (secondary N) is 2. The maximum absolute atomic E-state index is 12.5. The second-order valence-corrected chi connectivity index (χ2v) is 16.9. The van der Waals surface area contributed by atoms with Crippen molar-refractivity contribution in [3.8, 4) is 0 Å². The van der Waals surface area contributed by atoms with E-state index in [2.05, 4.69) is 43.5 Å². The fourth-order valence-electron chi connectivity index (χ4n) is 4.44. The van der Waals surface area contributed by atoms with Crippen LogP contribution < -0.4 is 35.9 Å². The van der Waals surface area contributed by atoms with Crippen molar-refractivity contribution in [1.82, 2.24) is 30.2 Å². The number of nitrogen functional groups attached to an aromatic ring is 1. The van der Waals surface area contributed by atoms with E-state index in [1.54, 1.807) is 0 Å². The number of amides is 2. The van der Waals surface area contributed by atoms with Gasteiger partial charge >= 0.3 is 0 Å². The first-order valence-electron chi connectivity index (χ1n) is 15.1. The average Bonchev–Trinajstić information content (AvgIpc) is 3.61. The van der Waals surface area contributed by atoms with Crippen LogP contribution in [0.2, 0.25) is 0 Å². The lowest BCUT2D eigenvalue weighted by Crippen LogP contribution is -2.46. The highest BCUT2D eigenvalue weighted by Gasteiger charge is 2.47. The Morgan fingerprint density at radius 2 is 1.75 bits per heavy atom. The quantitative estimate of drug-likeness (QED) is 0.0510. The minimum atomic E-state index is -5.91. The van der Waals surface area contributed by atoms with Crippen LogP contribution >= 0.6 is 35.2 Å². The average molecular weight is 836 g/mol. The van der Waals surface area contributed by atoms with E-state index >= 15 is 0 Å². The van der Waals surface area contributed by atoms with Gasteiger partial charge < -0.3 is 74.1 Å². The van der Waals surface area contributed by atoms with Gasteiger partial charge in [-0.2, -0.15) is 0 Å². The molecule has 7 atom stereocenters. The molecule has 1 aliphatic rings. The second-order valence-electron chi connectivity index (χ2n) is 11.7. The van der Waals surface area contributed by atoms with Crippen molar-refractivity contribution in [2.75, 3.05) is 44.4 Å². The molecule has 0 aromatic carbocycles. The summed E-state index contributed by atoms with van der Waals surface area (Å²) < 4.78 is 60.3. The number of hydrogen-bond donors (Lipinski definition) is 6. The van der Waals surface area contributed by atoms with Gasteiger partial charge in [-0.15, -0.1) is 0 Å². The molecule has 0 saturated carbocycles. The van der Waals surface area contributed by atoms with Gasteiger partial charge in [-0.1, -0.05) is 25.6 Å². The lowest BCUT2D eigenvalue weighted by atomic mass is 9.87. The van der Waals surface area contributed by atoms with Gasteiger partial charge in [0, 0.05) is 37.1 Å². The fraction of sp³-hybridized carbons (Fsp3) is 0.667. The summed E-state index contributed by atoms with van der Waals surface area (Å²) in [5, 5.41) is 34.4. The summed E-state index contributed by atoms with van der Waals surface area (Å²) in [5.41, 5.74) is 4.04. The third-order valence-corrected chi connectivity index (χ3v) is 11.0. The summed E-state index contributed by atoms with van der Waals surface area (Å²) in [6.45, 7) is -0.320. The first-order valence-corrected chi connectivity index (χ1v) is 20.5. The SMILES string of the molecule is CC(C)(COP(=O)([O-])OP(=O)([O-])OC[C@H]1O[C@@H](n2cnc3c(N)ncnc32)[C@H](O)[C@@H]1OP(=O)([O-])[O-])[C@@H](O)C(=O)NCCC(=O)NCCSC(=O)CCO. The third kappa shape index (κ3) is 13.6. The number of carbonyl (C=O) groups excluding carboxylic acids is 3. The number of aliphatic hydroxyl groups is 3. The topological polar surface area (TPSA) is 395 Å². The van der Waals surface area contributed by atoms with Crippen LogP contribution in [0.25, 0.3) is 11.2 Å². The Kier molecular flexibility index (Phi) is 16.0. The molecule has 1 aliphatic heterocycles. The van der Waals surface area contributed by atoms with Gasteiger partial charge in [0.05, 0.1) is 34.0 Å². The first-order chi connectivity index (χ1) is 24.6. The highest BCUT2D eigenvalue weighted by atomic mass is 32.2. The molecule has 0 bridgehead atoms. The fourth-order valence-corrected chi connectivity index (χ4v) is 7.84. The van der Waals surface area contributed by atoms with Crippen molar-refractivity contribution in [2.24, 2.45) is 5.41 Å². The number of nitrogens with zero attached hydrogens (tertiary/aromatic N) is 4. The Labute approximate surface area is 304 Å². The monoisotopic (exact) mass is 835 g/mol. The zero-order chi connectivity index (χ0) is 39.8. The number of rotatable bonds is 21. The standard InChI is InChI=1S/C24H40N7O18P3S/c1-24(2,19(36)22(37)27-5-3-14(33)26-6-8-53-15(34)4-7-32)10-46-52(43,44)49-51(41,42)45-9-13-18(48-50(38,39)40)17(35)23(47-13)31-12-30-16-20(25)28-11-29-21(16)31/h11-13,17-19,23,32,35-36H,3-10H2,1-2H3,(H,26,33)(H,27,37)(H,41,42)(H,43,44)(H2,25,28,29)(H2,38,39,40)/p-4/t13-,17-,18-,19+,23-/m1/s1. The summed E-state index contributed by atoms with van der Waals surface area (Å²) in [7, 11) is -17.6. The Hall–Kier alpha value is -2.48. The molecule has 2 aromatic rings. The molecule has 0 radical (unpaired) electrons. The number of fused-ring (bicyclic) bond motifs is 1. The molecule has 53 heavy (non-hydrogen) atoms. The number of aromatic nitrogens is 4. The van der Waals surface area contributed by atoms with Crippen LogP contribution in [0.1, 0.15) is 32.9 Å². The van der Waals surface area contributed by atoms with E-state index in [1.807, 2.05) is 0 Å². The summed E-state index contributed by atoms with van der Waals surface area (Å²) in [4.78, 5) is 94.9. The molecule has 2 amide bonds. The number of nitrogens with two attached hydrogens (primary N) is 1. The van der Waals surface area contributed by atoms with E-state index in [0.29, 0.717) is 0 Å². The molecule has 3 rings (SSSR count). The third-order valence-electron chi connectivity index (χ3n) is 7.06. The number of phosphoric ester groups is 3. The van der Waals surface area contributed by atoms with E-state index in [0.717, 1.165) is 29.0 Å². The van der Waals surface area contributed by atoms with E-state index in [1.165, 1.54) is 13.8 Å². The molecule has 2 unspecified atom stereocenters. The number of anilines is 1. The predicted octanol–water partition coefficient (Wildman–Crippen LogP) is -4.48. The van der Waals surface area contributed by atoms with E-state index in [9.17, 15) is 57.9 Å². The smallest absolute Gasteiger partial charge is 0.274 e. The highest BCUT2D eigenvalue weighted by molar-refractivity contribution is 8.13. The Bertz CT molecular complexity index is 1750. The van der Waals surface area contributed by atoms with Crippen molar-refractivity contribution >= 4 is 69.1 Å². The zero-order valence-corrected chi connectivity index (χ0v) is 31.3. The largest absolute Gasteiger partial charge is 0.790 e. The maximum atomic E-state index is 12.5. The normalized spacial score (nSPS) is 22.2. The zero-order valence-electron chi connectivity index (χ0n) is 27.8. The summed E-state index contributed by atoms with van der Waals surface area (Å²) in [6, 6.07) is 0. The van der Waals surface area contributed by atoms with Crippen molar-refractivity contribution in [2.45, 2.75) is 57.3 Å². The Balaban J connectivity index is 1.52. The lowest BCUT2D eigenvalue weighted by Gasteiger charge is -2.36. The van der Waals surface area contributed by atoms with Crippen LogP contribution in [-0.2, 0) is 50.7 Å². The molecule has 1 saturated heterocycles. The van der Waals surface area contributed by atoms with Gasteiger partial charge in [0.1, 0.15) is 36.3 Å². The minimum absolute atomic E-state index is 0.0228. The van der Waals surface area contributed by atoms with Crippen LogP contribution in [0.15, 0.2) is 12.7 Å². The molecule has 25 nitrogen and oxygen atoms in total. The van der Waals surface area contributed by atoms with Gasteiger partial charge in [0.25, 0.3) is 15.6 Å². The Morgan fingerprint density at radius 1 is 1.08 bits per heavy atom. The second kappa shape index (κ2) is 18.9. The molecule has 2 aromatic heterocycles. The molecule has 300 valence electrons. The van der Waals surface area contributed by atoms with Crippen molar-refractivity contribution in [1.29, 1.82) is 0 Å². The summed E-state index contributed by atoms with van der Waals surface area (Å²) >= 11 is 0.923. The van der Waals surface area contributed by atoms with Gasteiger partial charge in [-0.3, -0.25) is 28.1 Å². The number of ether oxygens (including phenoxy) is 1. The number of imidazole rings is 1. The lowest BCUT2D eigenvalue weighted by molar-refractivity contribution is -0.347. The van der Waals surface area contributed by atoms with Crippen molar-refractivity contribution < 1.29 is 85.6 Å².